The van der Waals surface area contributed by atoms with Gasteiger partial charge in [-0.25, -0.2) is 14.4 Å². The number of rotatable bonds is 6. The summed E-state index contributed by atoms with van der Waals surface area (Å²) in [5.74, 6) is 0.0216. The minimum absolute atomic E-state index is 0.135. The summed E-state index contributed by atoms with van der Waals surface area (Å²) in [6, 6.07) is 16.2. The lowest BCUT2D eigenvalue weighted by Crippen LogP contribution is -2.64. The van der Waals surface area contributed by atoms with E-state index in [-0.39, 0.29) is 37.4 Å². The van der Waals surface area contributed by atoms with Crippen LogP contribution < -0.4 is 9.64 Å². The molecule has 2 aromatic carbocycles. The Morgan fingerprint density at radius 2 is 1.64 bits per heavy atom. The minimum Gasteiger partial charge on any atom is -0.493 e. The molecule has 1 N–H and O–H groups in total. The number of likely N-dealkylation sites (N-methyl/N-ethyl adjacent to an activating group) is 1. The van der Waals surface area contributed by atoms with Gasteiger partial charge in [0.25, 0.3) is 5.91 Å². The number of benzene rings is 2. The molecule has 11 nitrogen and oxygen atoms in total. The lowest BCUT2D eigenvalue weighted by atomic mass is 9.73. The van der Waals surface area contributed by atoms with Gasteiger partial charge in [-0.15, -0.1) is 0 Å². The molecule has 0 bridgehead atoms. The number of urea groups is 1. The standard InChI is InChI=1S/C31H38N4O7/c1-30(2,3)42-29(40)34-17-22(18-34)20-41-25-12-10-24(11-13-25)35-27(37)32(4)26(36)31(35)14-15-33(28(38)39)19-23(31)16-21-8-6-5-7-9-21/h5-13,22-23H,14-20H2,1-4H3,(H,38,39). The van der Waals surface area contributed by atoms with Crippen molar-refractivity contribution >= 4 is 29.8 Å². The number of carboxylic acid groups (broad SMARTS) is 1. The number of imide groups is 1. The Morgan fingerprint density at radius 1 is 0.976 bits per heavy atom. The Kier molecular flexibility index (Phi) is 7.78. The van der Waals surface area contributed by atoms with Crippen molar-refractivity contribution in [2.24, 2.45) is 11.8 Å². The van der Waals surface area contributed by atoms with Crippen LogP contribution in [0.1, 0.15) is 32.8 Å². The second kappa shape index (κ2) is 11.2. The van der Waals surface area contributed by atoms with Gasteiger partial charge in [-0.3, -0.25) is 14.6 Å². The first-order valence-electron chi connectivity index (χ1n) is 14.2. The smallest absolute Gasteiger partial charge is 0.410 e. The molecule has 2 unspecified atom stereocenters. The first kappa shape index (κ1) is 29.2. The van der Waals surface area contributed by atoms with Crippen molar-refractivity contribution in [2.45, 2.75) is 44.8 Å². The predicted molar refractivity (Wildman–Crippen MR) is 154 cm³/mol. The number of carbonyl (C=O) groups excluding carboxylic acids is 3. The molecular formula is C31H38N4O7. The monoisotopic (exact) mass is 578 g/mol. The van der Waals surface area contributed by atoms with Gasteiger partial charge >= 0.3 is 18.2 Å². The van der Waals surface area contributed by atoms with Gasteiger partial charge in [-0.05, 0) is 63.4 Å². The normalized spacial score (nSPS) is 22.9. The lowest BCUT2D eigenvalue weighted by Gasteiger charge is -2.47. The molecule has 0 aliphatic carbocycles. The molecule has 224 valence electrons. The van der Waals surface area contributed by atoms with Crippen molar-refractivity contribution in [1.82, 2.24) is 14.7 Å². The van der Waals surface area contributed by atoms with Crippen LogP contribution in [0.5, 0.6) is 5.75 Å². The molecule has 0 aromatic heterocycles. The summed E-state index contributed by atoms with van der Waals surface area (Å²) in [6.45, 7) is 7.33. The van der Waals surface area contributed by atoms with Crippen LogP contribution in [0.15, 0.2) is 54.6 Å². The fourth-order valence-corrected chi connectivity index (χ4v) is 6.09. The number of piperidine rings is 1. The summed E-state index contributed by atoms with van der Waals surface area (Å²) in [5, 5.41) is 9.75. The third kappa shape index (κ3) is 5.60. The molecule has 2 atom stereocenters. The van der Waals surface area contributed by atoms with Gasteiger partial charge in [0.1, 0.15) is 16.9 Å². The van der Waals surface area contributed by atoms with E-state index >= 15 is 0 Å². The van der Waals surface area contributed by atoms with Gasteiger partial charge in [0, 0.05) is 50.7 Å². The van der Waals surface area contributed by atoms with E-state index in [9.17, 15) is 24.3 Å². The van der Waals surface area contributed by atoms with Crippen molar-refractivity contribution in [3.8, 4) is 5.75 Å². The second-order valence-electron chi connectivity index (χ2n) is 12.3. The molecule has 3 aliphatic rings. The lowest BCUT2D eigenvalue weighted by molar-refractivity contribution is -0.133. The van der Waals surface area contributed by atoms with E-state index in [2.05, 4.69) is 0 Å². The van der Waals surface area contributed by atoms with E-state index in [4.69, 9.17) is 9.47 Å². The zero-order chi connectivity index (χ0) is 30.2. The molecule has 5 rings (SSSR count). The van der Waals surface area contributed by atoms with E-state index in [1.54, 1.807) is 34.1 Å². The predicted octanol–water partition coefficient (Wildman–Crippen LogP) is 4.31. The quantitative estimate of drug-likeness (QED) is 0.507. The highest BCUT2D eigenvalue weighted by atomic mass is 16.6. The van der Waals surface area contributed by atoms with Crippen LogP contribution in [0, 0.1) is 11.8 Å². The Morgan fingerprint density at radius 3 is 2.26 bits per heavy atom. The van der Waals surface area contributed by atoms with Crippen molar-refractivity contribution in [2.75, 3.05) is 44.7 Å². The van der Waals surface area contributed by atoms with Crippen molar-refractivity contribution in [3.63, 3.8) is 0 Å². The van der Waals surface area contributed by atoms with E-state index in [0.29, 0.717) is 37.6 Å². The Hall–Kier alpha value is -4.28. The fourth-order valence-electron chi connectivity index (χ4n) is 6.09. The zero-order valence-electron chi connectivity index (χ0n) is 24.5. The Labute approximate surface area is 245 Å². The average molecular weight is 579 g/mol. The van der Waals surface area contributed by atoms with Gasteiger partial charge in [0.2, 0.25) is 0 Å². The number of carbonyl (C=O) groups is 4. The summed E-state index contributed by atoms with van der Waals surface area (Å²) in [6.07, 6.45) is -0.732. The third-order valence-corrected chi connectivity index (χ3v) is 8.22. The van der Waals surface area contributed by atoms with Crippen molar-refractivity contribution < 1.29 is 33.8 Å². The maximum absolute atomic E-state index is 13.8. The van der Waals surface area contributed by atoms with Gasteiger partial charge in [0.05, 0.1) is 6.61 Å². The van der Waals surface area contributed by atoms with Crippen LogP contribution in [-0.2, 0) is 16.0 Å². The molecule has 5 amide bonds. The first-order chi connectivity index (χ1) is 19.9. The topological polar surface area (TPSA) is 120 Å². The van der Waals surface area contributed by atoms with Crippen LogP contribution in [0.3, 0.4) is 0 Å². The first-order valence-corrected chi connectivity index (χ1v) is 14.2. The number of hydrogen-bond donors (Lipinski definition) is 1. The fraction of sp³-hybridized carbons (Fsp3) is 0.484. The highest BCUT2D eigenvalue weighted by Gasteiger charge is 2.62. The number of likely N-dealkylation sites (tertiary alicyclic amines) is 2. The summed E-state index contributed by atoms with van der Waals surface area (Å²) in [7, 11) is 1.48. The minimum atomic E-state index is -1.22. The molecular weight excluding hydrogens is 540 g/mol. The second-order valence-corrected chi connectivity index (χ2v) is 12.3. The molecule has 3 fully saturated rings. The average Bonchev–Trinajstić information content (AvgIpc) is 3.10. The number of amides is 5. The van der Waals surface area contributed by atoms with Gasteiger partial charge in [-0.2, -0.15) is 0 Å². The highest BCUT2D eigenvalue weighted by Crippen LogP contribution is 2.45. The van der Waals surface area contributed by atoms with Gasteiger partial charge < -0.3 is 24.4 Å². The molecule has 42 heavy (non-hydrogen) atoms. The van der Waals surface area contributed by atoms with Crippen LogP contribution in [-0.4, -0.2) is 94.9 Å². The Balaban J connectivity index is 1.31. The summed E-state index contributed by atoms with van der Waals surface area (Å²) < 4.78 is 11.4. The van der Waals surface area contributed by atoms with Crippen LogP contribution in [0.2, 0.25) is 0 Å². The Bertz CT molecular complexity index is 1340. The molecule has 3 heterocycles. The number of ether oxygens (including phenoxy) is 2. The molecule has 11 heteroatoms. The van der Waals surface area contributed by atoms with Crippen molar-refractivity contribution in [1.29, 1.82) is 0 Å². The SMILES string of the molecule is CN1C(=O)N(c2ccc(OCC3CN(C(=O)OC(C)(C)C)C3)cc2)C2(CCN(C(=O)O)CC2Cc2ccccc2)C1=O. The number of anilines is 1. The van der Waals surface area contributed by atoms with Gasteiger partial charge in [-0.1, -0.05) is 30.3 Å². The maximum atomic E-state index is 13.8. The highest BCUT2D eigenvalue weighted by molar-refractivity contribution is 6.17. The van der Waals surface area contributed by atoms with Crippen LogP contribution >= 0.6 is 0 Å². The summed E-state index contributed by atoms with van der Waals surface area (Å²) in [5.41, 5.74) is -0.239. The van der Waals surface area contributed by atoms with E-state index in [1.807, 2.05) is 51.1 Å². The van der Waals surface area contributed by atoms with Crippen LogP contribution in [0.4, 0.5) is 20.1 Å². The summed E-state index contributed by atoms with van der Waals surface area (Å²) >= 11 is 0. The molecule has 2 aromatic rings. The van der Waals surface area contributed by atoms with E-state index in [0.717, 1.165) is 10.5 Å². The maximum Gasteiger partial charge on any atom is 0.410 e. The molecule has 3 aliphatic heterocycles. The molecule has 3 saturated heterocycles. The zero-order valence-corrected chi connectivity index (χ0v) is 24.5. The molecule has 1 spiro atoms. The van der Waals surface area contributed by atoms with Crippen molar-refractivity contribution in [3.05, 3.63) is 60.2 Å². The van der Waals surface area contributed by atoms with E-state index in [1.165, 1.54) is 11.9 Å². The van der Waals surface area contributed by atoms with E-state index < -0.39 is 29.2 Å². The number of nitrogens with zero attached hydrogens (tertiary/aromatic N) is 4. The molecule has 0 radical (unpaired) electrons. The number of hydrogen-bond acceptors (Lipinski definition) is 6. The van der Waals surface area contributed by atoms with Gasteiger partial charge in [0.15, 0.2) is 0 Å². The van der Waals surface area contributed by atoms with Crippen LogP contribution in [0.25, 0.3) is 0 Å². The third-order valence-electron chi connectivity index (χ3n) is 8.22. The molecule has 0 saturated carbocycles. The summed E-state index contributed by atoms with van der Waals surface area (Å²) in [4.78, 5) is 57.1. The largest absolute Gasteiger partial charge is 0.493 e.